The van der Waals surface area contributed by atoms with Crippen LogP contribution in [0.15, 0.2) is 54.1 Å². The van der Waals surface area contributed by atoms with Crippen molar-refractivity contribution in [3.8, 4) is 5.75 Å². The molecule has 1 unspecified atom stereocenters. The lowest BCUT2D eigenvalue weighted by Crippen LogP contribution is -2.32. The Morgan fingerprint density at radius 1 is 1.16 bits per heavy atom. The van der Waals surface area contributed by atoms with E-state index in [1.807, 2.05) is 32.0 Å². The SMILES string of the molecule is CCCOc1cccc(C(O)=C2C(=O)C(=O)N(CCCN(C)C)C2c2cccc(Cl)c2)c1. The molecule has 2 aromatic carbocycles. The molecule has 32 heavy (non-hydrogen) atoms. The van der Waals surface area contributed by atoms with Gasteiger partial charge in [0.25, 0.3) is 11.7 Å². The molecule has 7 heteroatoms. The normalized spacial score (nSPS) is 17.9. The van der Waals surface area contributed by atoms with Crippen LogP contribution in [0.2, 0.25) is 5.02 Å². The van der Waals surface area contributed by atoms with Gasteiger partial charge in [0.15, 0.2) is 0 Å². The number of hydrogen-bond donors (Lipinski definition) is 1. The van der Waals surface area contributed by atoms with Crippen LogP contribution >= 0.6 is 11.6 Å². The molecule has 170 valence electrons. The van der Waals surface area contributed by atoms with Crippen molar-refractivity contribution in [2.24, 2.45) is 0 Å². The summed E-state index contributed by atoms with van der Waals surface area (Å²) < 4.78 is 5.66. The largest absolute Gasteiger partial charge is 0.507 e. The first kappa shape index (κ1) is 23.8. The van der Waals surface area contributed by atoms with Gasteiger partial charge in [-0.3, -0.25) is 9.59 Å². The Kier molecular flexibility index (Phi) is 7.94. The van der Waals surface area contributed by atoms with Crippen molar-refractivity contribution in [3.63, 3.8) is 0 Å². The number of nitrogens with zero attached hydrogens (tertiary/aromatic N) is 2. The average molecular weight is 457 g/mol. The molecule has 1 N–H and O–H groups in total. The second kappa shape index (κ2) is 10.7. The molecule has 1 saturated heterocycles. The summed E-state index contributed by atoms with van der Waals surface area (Å²) in [6.07, 6.45) is 1.54. The van der Waals surface area contributed by atoms with Crippen LogP contribution in [0.5, 0.6) is 5.75 Å². The van der Waals surface area contributed by atoms with E-state index >= 15 is 0 Å². The summed E-state index contributed by atoms with van der Waals surface area (Å²) in [4.78, 5) is 29.6. The first-order chi connectivity index (χ1) is 15.3. The fourth-order valence-corrected chi connectivity index (χ4v) is 4.00. The van der Waals surface area contributed by atoms with Gasteiger partial charge in [0.1, 0.15) is 11.5 Å². The number of amides is 1. The fourth-order valence-electron chi connectivity index (χ4n) is 3.80. The molecule has 1 heterocycles. The third kappa shape index (κ3) is 5.31. The molecule has 6 nitrogen and oxygen atoms in total. The van der Waals surface area contributed by atoms with E-state index in [1.165, 1.54) is 4.90 Å². The molecular weight excluding hydrogens is 428 g/mol. The molecule has 0 saturated carbocycles. The predicted octanol–water partition coefficient (Wildman–Crippen LogP) is 4.50. The number of ketones is 1. The van der Waals surface area contributed by atoms with E-state index in [1.54, 1.807) is 42.5 Å². The molecule has 1 amide bonds. The zero-order valence-electron chi connectivity index (χ0n) is 18.7. The van der Waals surface area contributed by atoms with E-state index in [9.17, 15) is 14.7 Å². The van der Waals surface area contributed by atoms with Crippen molar-refractivity contribution in [2.75, 3.05) is 33.8 Å². The van der Waals surface area contributed by atoms with Crippen molar-refractivity contribution < 1.29 is 19.4 Å². The second-order valence-electron chi connectivity index (χ2n) is 8.08. The van der Waals surface area contributed by atoms with Gasteiger partial charge in [0.05, 0.1) is 18.2 Å². The summed E-state index contributed by atoms with van der Waals surface area (Å²) in [6.45, 7) is 3.70. The first-order valence-corrected chi connectivity index (χ1v) is 11.1. The van der Waals surface area contributed by atoms with Crippen LogP contribution in [0.1, 0.15) is 36.9 Å². The van der Waals surface area contributed by atoms with Crippen LogP contribution in [-0.4, -0.2) is 60.4 Å². The molecule has 1 aliphatic heterocycles. The third-order valence-corrected chi connectivity index (χ3v) is 5.52. The van der Waals surface area contributed by atoms with Crippen LogP contribution in [0.25, 0.3) is 5.76 Å². The highest BCUT2D eigenvalue weighted by Gasteiger charge is 2.45. The molecule has 0 aliphatic carbocycles. The minimum atomic E-state index is -0.712. The molecule has 2 aromatic rings. The minimum absolute atomic E-state index is 0.0646. The quantitative estimate of drug-likeness (QED) is 0.341. The Bertz CT molecular complexity index is 1020. The Balaban J connectivity index is 2.06. The summed E-state index contributed by atoms with van der Waals surface area (Å²) in [5.74, 6) is -0.938. The van der Waals surface area contributed by atoms with Gasteiger partial charge in [0, 0.05) is 17.1 Å². The summed E-state index contributed by atoms with van der Waals surface area (Å²) in [5.41, 5.74) is 1.17. The minimum Gasteiger partial charge on any atom is -0.507 e. The Labute approximate surface area is 194 Å². The number of aliphatic hydroxyl groups is 1. The summed E-state index contributed by atoms with van der Waals surface area (Å²) >= 11 is 6.21. The lowest BCUT2D eigenvalue weighted by Gasteiger charge is -2.26. The van der Waals surface area contributed by atoms with Crippen LogP contribution in [0.3, 0.4) is 0 Å². The van der Waals surface area contributed by atoms with E-state index in [0.717, 1.165) is 13.0 Å². The maximum absolute atomic E-state index is 13.1. The average Bonchev–Trinajstić information content (AvgIpc) is 3.02. The molecule has 0 spiro atoms. The maximum Gasteiger partial charge on any atom is 0.295 e. The standard InChI is InChI=1S/C25H29ClN2O4/c1-4-14-32-20-11-6-9-18(16-20)23(29)21-22(17-8-5-10-19(26)15-17)28(25(31)24(21)30)13-7-12-27(2)3/h5-6,8-11,15-16,22,29H,4,7,12-14H2,1-3H3. The topological polar surface area (TPSA) is 70.1 Å². The van der Waals surface area contributed by atoms with Crippen molar-refractivity contribution in [2.45, 2.75) is 25.8 Å². The molecule has 0 aromatic heterocycles. The highest BCUT2D eigenvalue weighted by Crippen LogP contribution is 2.40. The van der Waals surface area contributed by atoms with Crippen LogP contribution < -0.4 is 4.74 Å². The molecule has 0 bridgehead atoms. The maximum atomic E-state index is 13.1. The van der Waals surface area contributed by atoms with Crippen LogP contribution in [0, 0.1) is 0 Å². The van der Waals surface area contributed by atoms with Crippen molar-refractivity contribution >= 4 is 29.1 Å². The number of Topliss-reactive ketones (excluding diaryl/α,β-unsaturated/α-hetero) is 1. The van der Waals surface area contributed by atoms with Crippen molar-refractivity contribution in [1.29, 1.82) is 0 Å². The fraction of sp³-hybridized carbons (Fsp3) is 0.360. The van der Waals surface area contributed by atoms with Gasteiger partial charge >= 0.3 is 0 Å². The van der Waals surface area contributed by atoms with Crippen molar-refractivity contribution in [1.82, 2.24) is 9.80 Å². The summed E-state index contributed by atoms with van der Waals surface area (Å²) in [5, 5.41) is 11.7. The summed E-state index contributed by atoms with van der Waals surface area (Å²) in [7, 11) is 3.91. The van der Waals surface area contributed by atoms with E-state index < -0.39 is 17.7 Å². The van der Waals surface area contributed by atoms with Gasteiger partial charge in [-0.1, -0.05) is 42.8 Å². The Hall–Kier alpha value is -2.83. The van der Waals surface area contributed by atoms with Gasteiger partial charge in [-0.15, -0.1) is 0 Å². The lowest BCUT2D eigenvalue weighted by molar-refractivity contribution is -0.139. The van der Waals surface area contributed by atoms with Gasteiger partial charge in [-0.2, -0.15) is 0 Å². The number of likely N-dealkylation sites (tertiary alicyclic amines) is 1. The lowest BCUT2D eigenvalue weighted by atomic mass is 9.95. The number of hydrogen-bond acceptors (Lipinski definition) is 5. The van der Waals surface area contributed by atoms with Crippen LogP contribution in [0.4, 0.5) is 0 Å². The Morgan fingerprint density at radius 3 is 2.59 bits per heavy atom. The number of benzene rings is 2. The summed E-state index contributed by atoms with van der Waals surface area (Å²) in [6, 6.07) is 13.3. The molecule has 1 fully saturated rings. The number of rotatable bonds is 9. The number of ether oxygens (including phenoxy) is 1. The van der Waals surface area contributed by atoms with E-state index in [0.29, 0.717) is 41.5 Å². The van der Waals surface area contributed by atoms with E-state index in [-0.39, 0.29) is 11.3 Å². The van der Waals surface area contributed by atoms with E-state index in [2.05, 4.69) is 0 Å². The molecule has 3 rings (SSSR count). The highest BCUT2D eigenvalue weighted by atomic mass is 35.5. The number of aliphatic hydroxyl groups excluding tert-OH is 1. The smallest absolute Gasteiger partial charge is 0.295 e. The zero-order valence-corrected chi connectivity index (χ0v) is 19.4. The predicted molar refractivity (Wildman–Crippen MR) is 126 cm³/mol. The second-order valence-corrected chi connectivity index (χ2v) is 8.52. The van der Waals surface area contributed by atoms with E-state index in [4.69, 9.17) is 16.3 Å². The number of carbonyl (C=O) groups excluding carboxylic acids is 2. The molecular formula is C25H29ClN2O4. The molecule has 1 aliphatic rings. The Morgan fingerprint density at radius 2 is 1.91 bits per heavy atom. The first-order valence-electron chi connectivity index (χ1n) is 10.7. The number of carbonyl (C=O) groups is 2. The number of halogens is 1. The van der Waals surface area contributed by atoms with Gasteiger partial charge < -0.3 is 19.6 Å². The highest BCUT2D eigenvalue weighted by molar-refractivity contribution is 6.46. The third-order valence-electron chi connectivity index (χ3n) is 5.29. The molecule has 0 radical (unpaired) electrons. The van der Waals surface area contributed by atoms with Gasteiger partial charge in [-0.25, -0.2) is 0 Å². The van der Waals surface area contributed by atoms with Gasteiger partial charge in [-0.05, 0) is 63.3 Å². The van der Waals surface area contributed by atoms with Crippen molar-refractivity contribution in [3.05, 3.63) is 70.3 Å². The van der Waals surface area contributed by atoms with Crippen LogP contribution in [-0.2, 0) is 9.59 Å². The zero-order chi connectivity index (χ0) is 23.3. The molecule has 1 atom stereocenters. The van der Waals surface area contributed by atoms with Gasteiger partial charge in [0.2, 0.25) is 0 Å². The monoisotopic (exact) mass is 456 g/mol.